The second-order valence-corrected chi connectivity index (χ2v) is 10.0. The lowest BCUT2D eigenvalue weighted by molar-refractivity contribution is 0.370. The summed E-state index contributed by atoms with van der Waals surface area (Å²) < 4.78 is 30.6. The zero-order valence-electron chi connectivity index (χ0n) is 26.8. The molecule has 0 N–H and O–H groups in total. The monoisotopic (exact) mass is 564 g/mol. The molecular weight excluding hydrogens is 516 g/mol. The third-order valence-corrected chi connectivity index (χ3v) is 7.89. The quantitative estimate of drug-likeness (QED) is 0.192. The van der Waals surface area contributed by atoms with Crippen molar-refractivity contribution in [3.8, 4) is 28.7 Å². The molecule has 0 radical (unpaired) electrons. The number of benzene rings is 3. The molecule has 41 heavy (non-hydrogen) atoms. The van der Waals surface area contributed by atoms with E-state index in [0.29, 0.717) is 0 Å². The topological polar surface area (TPSA) is 52.6 Å². The molecule has 3 rings (SSSR count). The number of anilines is 2. The van der Waals surface area contributed by atoms with Gasteiger partial charge in [-0.3, -0.25) is 0 Å². The minimum atomic E-state index is -0.392. The van der Waals surface area contributed by atoms with Crippen LogP contribution in [-0.4, -0.2) is 61.7 Å². The fourth-order valence-electron chi connectivity index (χ4n) is 5.87. The first-order valence-corrected chi connectivity index (χ1v) is 14.4. The molecular formula is C34H48N2O5. The van der Waals surface area contributed by atoms with Crippen molar-refractivity contribution in [1.82, 2.24) is 0 Å². The van der Waals surface area contributed by atoms with Gasteiger partial charge in [-0.2, -0.15) is 0 Å². The van der Waals surface area contributed by atoms with Crippen molar-refractivity contribution in [1.29, 1.82) is 0 Å². The third-order valence-electron chi connectivity index (χ3n) is 7.89. The lowest BCUT2D eigenvalue weighted by atomic mass is 9.79. The molecule has 0 heterocycles. The Bertz CT molecular complexity index is 1190. The predicted molar refractivity (Wildman–Crippen MR) is 170 cm³/mol. The first-order valence-electron chi connectivity index (χ1n) is 14.4. The smallest absolute Gasteiger partial charge is 0.128 e. The average molecular weight is 565 g/mol. The molecule has 0 atom stereocenters. The molecule has 0 aromatic heterocycles. The standard InChI is InChI=1S/C34H48N2O5/c1-12-35(13-2)24-18-27(38-8)32(28(19-24)39-9)34(31-23(6)16-22(5)17-26(31)37-7)33-29(40-10)20-25(21-30(33)41-11)36(14-3)15-4/h16-21,34H,12-15H2,1-11H3. The van der Waals surface area contributed by atoms with Gasteiger partial charge in [0.25, 0.3) is 0 Å². The Morgan fingerprint density at radius 1 is 0.488 bits per heavy atom. The molecule has 7 heteroatoms. The number of hydrogen-bond donors (Lipinski definition) is 0. The summed E-state index contributed by atoms with van der Waals surface area (Å²) in [6, 6.07) is 12.6. The molecule has 0 fully saturated rings. The Labute approximate surface area is 246 Å². The van der Waals surface area contributed by atoms with Gasteiger partial charge in [-0.1, -0.05) is 6.07 Å². The van der Waals surface area contributed by atoms with Crippen molar-refractivity contribution in [2.75, 3.05) is 71.5 Å². The van der Waals surface area contributed by atoms with Crippen molar-refractivity contribution in [2.45, 2.75) is 47.5 Å². The lowest BCUT2D eigenvalue weighted by Gasteiger charge is -2.31. The molecule has 0 unspecified atom stereocenters. The summed E-state index contributed by atoms with van der Waals surface area (Å²) in [5, 5.41) is 0. The molecule has 3 aromatic rings. The van der Waals surface area contributed by atoms with Crippen LogP contribution in [0.4, 0.5) is 11.4 Å². The Morgan fingerprint density at radius 2 is 0.805 bits per heavy atom. The molecule has 0 aliphatic rings. The van der Waals surface area contributed by atoms with Gasteiger partial charge in [0.05, 0.1) is 41.5 Å². The van der Waals surface area contributed by atoms with E-state index in [9.17, 15) is 0 Å². The second-order valence-electron chi connectivity index (χ2n) is 10.0. The maximum absolute atomic E-state index is 6.14. The van der Waals surface area contributed by atoms with E-state index in [-0.39, 0.29) is 0 Å². The SMILES string of the molecule is CCN(CC)c1cc(OC)c(C(c2c(C)cc(C)cc2OC)c2c(OC)cc(N(CC)CC)cc2OC)c(OC)c1. The van der Waals surface area contributed by atoms with E-state index in [4.69, 9.17) is 23.7 Å². The number of hydrogen-bond acceptors (Lipinski definition) is 7. The highest BCUT2D eigenvalue weighted by atomic mass is 16.5. The number of nitrogens with zero attached hydrogens (tertiary/aromatic N) is 2. The minimum Gasteiger partial charge on any atom is -0.496 e. The van der Waals surface area contributed by atoms with Crippen LogP contribution in [0.1, 0.15) is 61.4 Å². The predicted octanol–water partition coefficient (Wildman–Crippen LogP) is 7.22. The average Bonchev–Trinajstić information content (AvgIpc) is 2.99. The molecule has 0 saturated carbocycles. The van der Waals surface area contributed by atoms with Crippen LogP contribution in [0.5, 0.6) is 28.7 Å². The summed E-state index contributed by atoms with van der Waals surface area (Å²) in [4.78, 5) is 4.56. The van der Waals surface area contributed by atoms with Gasteiger partial charge in [0.15, 0.2) is 0 Å². The van der Waals surface area contributed by atoms with Crippen LogP contribution in [0.2, 0.25) is 0 Å². The zero-order valence-corrected chi connectivity index (χ0v) is 26.8. The van der Waals surface area contributed by atoms with Crippen molar-refractivity contribution >= 4 is 11.4 Å². The highest BCUT2D eigenvalue weighted by Gasteiger charge is 2.35. The number of rotatable bonds is 14. The van der Waals surface area contributed by atoms with Gasteiger partial charge in [-0.05, 0) is 58.7 Å². The summed E-state index contributed by atoms with van der Waals surface area (Å²) in [5.74, 6) is 3.26. The van der Waals surface area contributed by atoms with Crippen LogP contribution in [0, 0.1) is 13.8 Å². The number of aryl methyl sites for hydroxylation is 2. The molecule has 224 valence electrons. The molecule has 0 aliphatic heterocycles. The summed E-state index contributed by atoms with van der Waals surface area (Å²) in [5.41, 5.74) is 7.03. The largest absolute Gasteiger partial charge is 0.496 e. The fourth-order valence-corrected chi connectivity index (χ4v) is 5.87. The molecule has 0 aliphatic carbocycles. The molecule has 3 aromatic carbocycles. The van der Waals surface area contributed by atoms with Crippen LogP contribution in [0.25, 0.3) is 0 Å². The van der Waals surface area contributed by atoms with Crippen molar-refractivity contribution < 1.29 is 23.7 Å². The van der Waals surface area contributed by atoms with E-state index in [1.165, 1.54) is 0 Å². The highest BCUT2D eigenvalue weighted by molar-refractivity contribution is 5.71. The van der Waals surface area contributed by atoms with E-state index >= 15 is 0 Å². The Kier molecular flexibility index (Phi) is 11.0. The normalized spacial score (nSPS) is 10.9. The van der Waals surface area contributed by atoms with E-state index in [0.717, 1.165) is 94.1 Å². The van der Waals surface area contributed by atoms with Gasteiger partial charge >= 0.3 is 0 Å². The molecule has 0 saturated heterocycles. The maximum atomic E-state index is 6.14. The molecule has 0 amide bonds. The molecule has 0 spiro atoms. The minimum absolute atomic E-state index is 0.392. The van der Waals surface area contributed by atoms with Gasteiger partial charge in [0, 0.05) is 78.5 Å². The van der Waals surface area contributed by atoms with Gasteiger partial charge in [0.1, 0.15) is 28.7 Å². The van der Waals surface area contributed by atoms with E-state index in [1.54, 1.807) is 35.5 Å². The second kappa shape index (κ2) is 14.2. The van der Waals surface area contributed by atoms with Crippen LogP contribution < -0.4 is 33.5 Å². The Balaban J connectivity index is 2.55. The van der Waals surface area contributed by atoms with Gasteiger partial charge in [0.2, 0.25) is 0 Å². The number of methoxy groups -OCH3 is 5. The van der Waals surface area contributed by atoms with Crippen LogP contribution in [0.3, 0.4) is 0 Å². The van der Waals surface area contributed by atoms with E-state index < -0.39 is 5.92 Å². The lowest BCUT2D eigenvalue weighted by Crippen LogP contribution is -2.23. The highest BCUT2D eigenvalue weighted by Crippen LogP contribution is 2.53. The Morgan fingerprint density at radius 3 is 1.10 bits per heavy atom. The van der Waals surface area contributed by atoms with Gasteiger partial charge in [-0.15, -0.1) is 0 Å². The first kappa shape index (κ1) is 31.8. The van der Waals surface area contributed by atoms with Crippen LogP contribution >= 0.6 is 0 Å². The summed E-state index contributed by atoms with van der Waals surface area (Å²) in [6.07, 6.45) is 0. The van der Waals surface area contributed by atoms with Crippen LogP contribution in [0.15, 0.2) is 36.4 Å². The third kappa shape index (κ3) is 6.29. The van der Waals surface area contributed by atoms with Crippen molar-refractivity contribution in [3.05, 3.63) is 64.2 Å². The molecule has 0 bridgehead atoms. The zero-order chi connectivity index (χ0) is 30.3. The first-order chi connectivity index (χ1) is 19.8. The van der Waals surface area contributed by atoms with Crippen molar-refractivity contribution in [3.63, 3.8) is 0 Å². The van der Waals surface area contributed by atoms with E-state index in [2.05, 4.69) is 87.7 Å². The Hall–Kier alpha value is -3.74. The van der Waals surface area contributed by atoms with Crippen LogP contribution in [-0.2, 0) is 0 Å². The van der Waals surface area contributed by atoms with Crippen molar-refractivity contribution in [2.24, 2.45) is 0 Å². The van der Waals surface area contributed by atoms with Gasteiger partial charge in [-0.25, -0.2) is 0 Å². The molecule has 7 nitrogen and oxygen atoms in total. The summed E-state index contributed by atoms with van der Waals surface area (Å²) >= 11 is 0. The number of ether oxygens (including phenoxy) is 5. The fraction of sp³-hybridized carbons (Fsp3) is 0.471. The summed E-state index contributed by atoms with van der Waals surface area (Å²) in [6.45, 7) is 16.2. The summed E-state index contributed by atoms with van der Waals surface area (Å²) in [7, 11) is 8.54. The van der Waals surface area contributed by atoms with E-state index in [1.807, 2.05) is 0 Å². The maximum Gasteiger partial charge on any atom is 0.128 e. The van der Waals surface area contributed by atoms with Gasteiger partial charge < -0.3 is 33.5 Å².